The maximum absolute atomic E-state index is 6.09. The zero-order chi connectivity index (χ0) is 13.8. The summed E-state index contributed by atoms with van der Waals surface area (Å²) in [5, 5.41) is 0.385. The van der Waals surface area contributed by atoms with Crippen LogP contribution in [0.25, 0.3) is 0 Å². The van der Waals surface area contributed by atoms with Crippen molar-refractivity contribution in [3.8, 4) is 9.85 Å². The van der Waals surface area contributed by atoms with Crippen LogP contribution < -0.4 is 21.2 Å². The maximum atomic E-state index is 6.09. The lowest BCUT2D eigenvalue weighted by molar-refractivity contribution is -0.535. The molecule has 0 N–H and O–H groups in total. The van der Waals surface area contributed by atoms with Gasteiger partial charge in [-0.05, 0) is 37.3 Å². The molecule has 0 spiro atoms. The van der Waals surface area contributed by atoms with E-state index in [1.165, 1.54) is 35.7 Å². The van der Waals surface area contributed by atoms with Gasteiger partial charge in [0.25, 0.3) is 0 Å². The van der Waals surface area contributed by atoms with E-state index in [0.29, 0.717) is 5.38 Å². The van der Waals surface area contributed by atoms with Crippen molar-refractivity contribution in [1.82, 2.24) is 0 Å². The Bertz CT molecular complexity index is 377. The van der Waals surface area contributed by atoms with Crippen LogP contribution in [-0.2, 0) is 0 Å². The van der Waals surface area contributed by atoms with Crippen molar-refractivity contribution in [3.05, 3.63) is 33.9 Å². The van der Waals surface area contributed by atoms with Gasteiger partial charge in [0.15, 0.2) is 3.93 Å². The molecule has 1 rings (SSSR count). The molecule has 0 radical (unpaired) electrons. The molecule has 2 heteroatoms. The highest BCUT2D eigenvalue weighted by atomic mass is 127. The summed E-state index contributed by atoms with van der Waals surface area (Å²) >= 11 is 5.99. The van der Waals surface area contributed by atoms with Crippen LogP contribution in [0.4, 0.5) is 0 Å². The average Bonchev–Trinajstić information content (AvgIpc) is 2.46. The topological polar surface area (TPSA) is 0 Å². The fourth-order valence-corrected chi connectivity index (χ4v) is 3.45. The van der Waals surface area contributed by atoms with Crippen molar-refractivity contribution in [2.75, 3.05) is 0 Å². The predicted octanol–water partition coefficient (Wildman–Crippen LogP) is 2.26. The number of hydrogen-bond donors (Lipinski definition) is 0. The van der Waals surface area contributed by atoms with Crippen LogP contribution in [0.1, 0.15) is 51.9 Å². The zero-order valence-corrected chi connectivity index (χ0v) is 14.6. The Labute approximate surface area is 133 Å². The highest BCUT2D eigenvalue weighted by molar-refractivity contribution is 6.20. The molecule has 0 amide bonds. The van der Waals surface area contributed by atoms with E-state index in [1.54, 1.807) is 0 Å². The van der Waals surface area contributed by atoms with Crippen molar-refractivity contribution < 1.29 is 21.2 Å². The minimum Gasteiger partial charge on any atom is -0.123 e. The highest BCUT2D eigenvalue weighted by Gasteiger charge is 2.05. The first-order chi connectivity index (χ1) is 9.33. The second kappa shape index (κ2) is 11.6. The third kappa shape index (κ3) is 9.35. The van der Waals surface area contributed by atoms with Gasteiger partial charge in [0.2, 0.25) is 3.57 Å². The minimum atomic E-state index is -0.0924. The number of alkyl halides is 1. The van der Waals surface area contributed by atoms with Crippen molar-refractivity contribution in [2.24, 2.45) is 0 Å². The molecule has 0 bridgehead atoms. The van der Waals surface area contributed by atoms with Crippen LogP contribution in [0, 0.1) is 13.4 Å². The first kappa shape index (κ1) is 16.9. The summed E-state index contributed by atoms with van der Waals surface area (Å²) in [4.78, 5) is 0. The van der Waals surface area contributed by atoms with E-state index < -0.39 is 0 Å². The van der Waals surface area contributed by atoms with Crippen LogP contribution in [-0.4, -0.2) is 5.38 Å². The summed E-state index contributed by atoms with van der Waals surface area (Å²) < 4.78 is 4.78. The molecule has 0 aromatic heterocycles. The second-order valence-corrected chi connectivity index (χ2v) is 7.56. The lowest BCUT2D eigenvalue weighted by atomic mass is 10.1. The molecule has 0 aliphatic carbocycles. The van der Waals surface area contributed by atoms with Crippen molar-refractivity contribution >= 4 is 11.6 Å². The van der Waals surface area contributed by atoms with Gasteiger partial charge >= 0.3 is 21.2 Å². The normalized spacial score (nSPS) is 11.7. The van der Waals surface area contributed by atoms with Crippen LogP contribution >= 0.6 is 11.6 Å². The Morgan fingerprint density at radius 2 is 1.84 bits per heavy atom. The Balaban J connectivity index is 1.97. The van der Waals surface area contributed by atoms with Gasteiger partial charge in [-0.2, -0.15) is 0 Å². The molecular formula is C17H23ClI+. The first-order valence-corrected chi connectivity index (χ1v) is 9.73. The van der Waals surface area contributed by atoms with E-state index in [2.05, 4.69) is 47.1 Å². The monoisotopic (exact) mass is 389 g/mol. The van der Waals surface area contributed by atoms with Gasteiger partial charge in [0, 0.05) is 11.8 Å². The third-order valence-electron chi connectivity index (χ3n) is 2.97. The number of benzene rings is 1. The molecule has 104 valence electrons. The molecule has 0 aliphatic heterocycles. The molecular weight excluding hydrogens is 367 g/mol. The number of unbranched alkanes of at least 4 members (excludes halogenated alkanes) is 4. The van der Waals surface area contributed by atoms with Gasteiger partial charge in [0.05, 0.1) is 0 Å². The molecule has 1 unspecified atom stereocenters. The standard InChI is InChI=1S/C17H23ClI/c1-2-16(18)12-8-5-3-4-6-11-15-19-17-13-9-7-10-14-17/h7,9-10,13-14,16H,2-6,8,12H2,1H3/q+1. The first-order valence-electron chi connectivity index (χ1n) is 7.13. The summed E-state index contributed by atoms with van der Waals surface area (Å²) in [6, 6.07) is 10.6. The van der Waals surface area contributed by atoms with Gasteiger partial charge in [0.1, 0.15) is 0 Å². The number of halogens is 2. The highest BCUT2D eigenvalue weighted by Crippen LogP contribution is 2.13. The van der Waals surface area contributed by atoms with E-state index in [9.17, 15) is 0 Å². The fraction of sp³-hybridized carbons (Fsp3) is 0.529. The van der Waals surface area contributed by atoms with Crippen LogP contribution in [0.5, 0.6) is 0 Å². The quantitative estimate of drug-likeness (QED) is 0.277. The Kier molecular flexibility index (Phi) is 10.3. The summed E-state index contributed by atoms with van der Waals surface area (Å²) in [7, 11) is 0. The van der Waals surface area contributed by atoms with E-state index in [-0.39, 0.29) is 21.2 Å². The van der Waals surface area contributed by atoms with Crippen LogP contribution in [0.2, 0.25) is 0 Å². The molecule has 19 heavy (non-hydrogen) atoms. The van der Waals surface area contributed by atoms with Crippen molar-refractivity contribution in [3.63, 3.8) is 0 Å². The number of rotatable bonds is 8. The van der Waals surface area contributed by atoms with Gasteiger partial charge in [-0.25, -0.2) is 0 Å². The molecule has 0 saturated carbocycles. The third-order valence-corrected chi connectivity index (χ3v) is 5.49. The summed E-state index contributed by atoms with van der Waals surface area (Å²) in [6.07, 6.45) is 8.44. The Morgan fingerprint density at radius 1 is 1.11 bits per heavy atom. The maximum Gasteiger partial charge on any atom is 0.419 e. The van der Waals surface area contributed by atoms with E-state index in [1.807, 2.05) is 0 Å². The average molecular weight is 390 g/mol. The predicted molar refractivity (Wildman–Crippen MR) is 80.5 cm³/mol. The molecule has 0 nitrogen and oxygen atoms in total. The van der Waals surface area contributed by atoms with E-state index in [4.69, 9.17) is 11.6 Å². The van der Waals surface area contributed by atoms with Crippen molar-refractivity contribution in [1.29, 1.82) is 0 Å². The Hall–Kier alpha value is -0.200. The smallest absolute Gasteiger partial charge is 0.123 e. The van der Waals surface area contributed by atoms with Gasteiger partial charge in [-0.1, -0.05) is 44.4 Å². The molecule has 0 saturated heterocycles. The van der Waals surface area contributed by atoms with E-state index in [0.717, 1.165) is 12.8 Å². The molecule has 1 atom stereocenters. The molecule has 0 aliphatic rings. The summed E-state index contributed by atoms with van der Waals surface area (Å²) in [5.74, 6) is 3.32. The van der Waals surface area contributed by atoms with Gasteiger partial charge in [-0.3, -0.25) is 0 Å². The summed E-state index contributed by atoms with van der Waals surface area (Å²) in [5.41, 5.74) is 0. The SMILES string of the molecule is CCC(Cl)CCCCCCC#C[I+]c1ccccc1. The molecule has 1 aromatic rings. The van der Waals surface area contributed by atoms with Crippen molar-refractivity contribution in [2.45, 2.75) is 57.2 Å². The fourth-order valence-electron chi connectivity index (χ4n) is 1.75. The lowest BCUT2D eigenvalue weighted by Crippen LogP contribution is -3.59. The van der Waals surface area contributed by atoms with E-state index >= 15 is 0 Å². The molecule has 0 fully saturated rings. The van der Waals surface area contributed by atoms with Crippen LogP contribution in [0.3, 0.4) is 0 Å². The summed E-state index contributed by atoms with van der Waals surface area (Å²) in [6.45, 7) is 2.16. The van der Waals surface area contributed by atoms with Gasteiger partial charge < -0.3 is 0 Å². The molecule has 1 aromatic carbocycles. The minimum absolute atomic E-state index is 0.0924. The van der Waals surface area contributed by atoms with Crippen LogP contribution in [0.15, 0.2) is 30.3 Å². The lowest BCUT2D eigenvalue weighted by Gasteiger charge is -2.04. The number of hydrogen-bond acceptors (Lipinski definition) is 0. The second-order valence-electron chi connectivity index (χ2n) is 4.62. The zero-order valence-electron chi connectivity index (χ0n) is 11.7. The largest absolute Gasteiger partial charge is 0.419 e. The van der Waals surface area contributed by atoms with Gasteiger partial charge in [-0.15, -0.1) is 11.6 Å². The molecule has 0 heterocycles. The Morgan fingerprint density at radius 3 is 2.58 bits per heavy atom.